The molecule has 0 spiro atoms. The highest BCUT2D eigenvalue weighted by molar-refractivity contribution is 6.31. The van der Waals surface area contributed by atoms with Gasteiger partial charge < -0.3 is 11.1 Å². The number of benzene rings is 1. The molecule has 0 fully saturated rings. The normalized spacial score (nSPS) is 11.4. The number of hydrogen-bond acceptors (Lipinski definition) is 2. The molecule has 0 atom stereocenters. The molecule has 4 nitrogen and oxygen atoms in total. The standard InChI is InChI=1S/C16H15ClF3N3O/c1-2-23-5-3-4-10(9-23)8-22-15(24)12-6-11(17)7-13(14(12)21)16(18,19)20/h3-7,9H,2,8H2,1H3,(H2-,21,22,24)/p+1. The summed E-state index contributed by atoms with van der Waals surface area (Å²) >= 11 is 5.69. The molecule has 24 heavy (non-hydrogen) atoms. The molecular weight excluding hydrogens is 343 g/mol. The second kappa shape index (κ2) is 7.09. The van der Waals surface area contributed by atoms with Crippen molar-refractivity contribution in [1.29, 1.82) is 0 Å². The molecule has 8 heteroatoms. The lowest BCUT2D eigenvalue weighted by Gasteiger charge is -2.14. The maximum absolute atomic E-state index is 12.9. The summed E-state index contributed by atoms with van der Waals surface area (Å²) in [5, 5.41) is 2.35. The van der Waals surface area contributed by atoms with Crippen molar-refractivity contribution in [3.8, 4) is 0 Å². The average molecular weight is 359 g/mol. The van der Waals surface area contributed by atoms with E-state index in [0.717, 1.165) is 18.2 Å². The molecule has 2 aromatic rings. The molecule has 1 heterocycles. The number of rotatable bonds is 4. The predicted molar refractivity (Wildman–Crippen MR) is 84.3 cm³/mol. The van der Waals surface area contributed by atoms with Gasteiger partial charge in [-0.15, -0.1) is 0 Å². The van der Waals surface area contributed by atoms with Crippen LogP contribution in [0.1, 0.15) is 28.4 Å². The SMILES string of the molecule is CC[n+]1cccc(CNC(=O)c2cc(Cl)cc(C(F)(F)F)c2N)c1. The third kappa shape index (κ3) is 4.17. The lowest BCUT2D eigenvalue weighted by Crippen LogP contribution is -2.33. The third-order valence-electron chi connectivity index (χ3n) is 3.43. The zero-order valence-electron chi connectivity index (χ0n) is 12.8. The summed E-state index contributed by atoms with van der Waals surface area (Å²) in [6.45, 7) is 2.89. The molecule has 1 aromatic carbocycles. The summed E-state index contributed by atoms with van der Waals surface area (Å²) < 4.78 is 40.7. The van der Waals surface area contributed by atoms with Crippen molar-refractivity contribution in [1.82, 2.24) is 5.32 Å². The fraction of sp³-hybridized carbons (Fsp3) is 0.250. The summed E-state index contributed by atoms with van der Waals surface area (Å²) in [5.41, 5.74) is 4.26. The number of carbonyl (C=O) groups excluding carboxylic acids is 1. The van der Waals surface area contributed by atoms with Gasteiger partial charge in [0.25, 0.3) is 5.91 Å². The summed E-state index contributed by atoms with van der Waals surface area (Å²) in [6.07, 6.45) is -0.977. The van der Waals surface area contributed by atoms with E-state index >= 15 is 0 Å². The molecule has 1 amide bonds. The van der Waals surface area contributed by atoms with Gasteiger partial charge in [0.1, 0.15) is 6.54 Å². The Labute approximate surface area is 142 Å². The number of carbonyl (C=O) groups is 1. The first-order chi connectivity index (χ1) is 11.2. The van der Waals surface area contributed by atoms with Crippen LogP contribution >= 0.6 is 11.6 Å². The Morgan fingerprint density at radius 1 is 1.38 bits per heavy atom. The van der Waals surface area contributed by atoms with Crippen molar-refractivity contribution < 1.29 is 22.5 Å². The van der Waals surface area contributed by atoms with Crippen molar-refractivity contribution in [2.75, 3.05) is 5.73 Å². The molecular formula is C16H16ClF3N3O+. The number of halogens is 4. The van der Waals surface area contributed by atoms with E-state index in [1.165, 1.54) is 0 Å². The van der Waals surface area contributed by atoms with Gasteiger partial charge in [0.2, 0.25) is 0 Å². The highest BCUT2D eigenvalue weighted by Crippen LogP contribution is 2.37. The van der Waals surface area contributed by atoms with Crippen LogP contribution in [0.15, 0.2) is 36.7 Å². The molecule has 0 aliphatic heterocycles. The highest BCUT2D eigenvalue weighted by atomic mass is 35.5. The van der Waals surface area contributed by atoms with Crippen molar-refractivity contribution in [3.05, 3.63) is 58.4 Å². The Morgan fingerprint density at radius 3 is 2.71 bits per heavy atom. The molecule has 2 rings (SSSR count). The molecule has 0 radical (unpaired) electrons. The molecule has 128 valence electrons. The number of nitrogen functional groups attached to an aromatic ring is 1. The Bertz CT molecular complexity index is 763. The van der Waals surface area contributed by atoms with Crippen LogP contribution in [0.5, 0.6) is 0 Å². The lowest BCUT2D eigenvalue weighted by molar-refractivity contribution is -0.694. The summed E-state index contributed by atoms with van der Waals surface area (Å²) in [5.74, 6) is -0.715. The van der Waals surface area contributed by atoms with Crippen LogP contribution in [0.2, 0.25) is 5.02 Å². The Kier molecular flexibility index (Phi) is 5.33. The van der Waals surface area contributed by atoms with Crippen LogP contribution in [-0.2, 0) is 19.3 Å². The second-order valence-corrected chi connectivity index (χ2v) is 5.57. The van der Waals surface area contributed by atoms with Gasteiger partial charge in [-0.05, 0) is 25.1 Å². The van der Waals surface area contributed by atoms with E-state index in [0.29, 0.717) is 6.07 Å². The van der Waals surface area contributed by atoms with E-state index in [1.54, 1.807) is 6.07 Å². The van der Waals surface area contributed by atoms with Gasteiger partial charge in [-0.2, -0.15) is 13.2 Å². The summed E-state index contributed by atoms with van der Waals surface area (Å²) in [4.78, 5) is 12.2. The smallest absolute Gasteiger partial charge is 0.398 e. The van der Waals surface area contributed by atoms with E-state index in [2.05, 4.69) is 5.32 Å². The minimum atomic E-state index is -4.68. The number of nitrogens with one attached hydrogen (secondary N) is 1. The topological polar surface area (TPSA) is 59.0 Å². The molecule has 0 aliphatic carbocycles. The van der Waals surface area contributed by atoms with Gasteiger partial charge in [0.05, 0.1) is 16.8 Å². The molecule has 1 aromatic heterocycles. The number of anilines is 1. The van der Waals surface area contributed by atoms with Crippen LogP contribution < -0.4 is 15.6 Å². The Morgan fingerprint density at radius 2 is 2.08 bits per heavy atom. The van der Waals surface area contributed by atoms with E-state index in [4.69, 9.17) is 17.3 Å². The quantitative estimate of drug-likeness (QED) is 0.651. The number of aromatic nitrogens is 1. The number of nitrogens with zero attached hydrogens (tertiary/aromatic N) is 1. The van der Waals surface area contributed by atoms with Gasteiger partial charge in [0, 0.05) is 23.2 Å². The Hall–Kier alpha value is -2.28. The van der Waals surface area contributed by atoms with E-state index in [9.17, 15) is 18.0 Å². The van der Waals surface area contributed by atoms with E-state index in [1.807, 2.05) is 30.0 Å². The van der Waals surface area contributed by atoms with Crippen molar-refractivity contribution in [2.24, 2.45) is 0 Å². The monoisotopic (exact) mass is 358 g/mol. The number of amides is 1. The maximum atomic E-state index is 12.9. The van der Waals surface area contributed by atoms with Gasteiger partial charge in [-0.3, -0.25) is 4.79 Å². The number of pyridine rings is 1. The second-order valence-electron chi connectivity index (χ2n) is 5.14. The minimum Gasteiger partial charge on any atom is -0.398 e. The lowest BCUT2D eigenvalue weighted by atomic mass is 10.1. The number of hydrogen-bond donors (Lipinski definition) is 2. The first kappa shape index (κ1) is 18.1. The molecule has 3 N–H and O–H groups in total. The van der Waals surface area contributed by atoms with Gasteiger partial charge in [-0.25, -0.2) is 4.57 Å². The fourth-order valence-corrected chi connectivity index (χ4v) is 2.41. The highest BCUT2D eigenvalue weighted by Gasteiger charge is 2.35. The predicted octanol–water partition coefficient (Wildman–Crippen LogP) is 3.18. The number of aryl methyl sites for hydroxylation is 1. The average Bonchev–Trinajstić information content (AvgIpc) is 2.53. The van der Waals surface area contributed by atoms with Crippen molar-refractivity contribution in [3.63, 3.8) is 0 Å². The van der Waals surface area contributed by atoms with Crippen LogP contribution in [0.4, 0.5) is 18.9 Å². The molecule has 0 unspecified atom stereocenters. The zero-order valence-corrected chi connectivity index (χ0v) is 13.6. The molecule has 0 bridgehead atoms. The third-order valence-corrected chi connectivity index (χ3v) is 3.65. The zero-order chi connectivity index (χ0) is 17.9. The van der Waals surface area contributed by atoms with E-state index < -0.39 is 23.3 Å². The van der Waals surface area contributed by atoms with Crippen LogP contribution in [0.25, 0.3) is 0 Å². The van der Waals surface area contributed by atoms with Crippen molar-refractivity contribution in [2.45, 2.75) is 26.2 Å². The number of nitrogens with two attached hydrogens (primary N) is 1. The van der Waals surface area contributed by atoms with Gasteiger partial charge in [0.15, 0.2) is 12.4 Å². The van der Waals surface area contributed by atoms with Gasteiger partial charge >= 0.3 is 6.18 Å². The van der Waals surface area contributed by atoms with E-state index in [-0.39, 0.29) is 17.1 Å². The maximum Gasteiger partial charge on any atom is 0.418 e. The van der Waals surface area contributed by atoms with Crippen LogP contribution in [-0.4, -0.2) is 5.91 Å². The van der Waals surface area contributed by atoms with Crippen LogP contribution in [0.3, 0.4) is 0 Å². The summed E-state index contributed by atoms with van der Waals surface area (Å²) in [6, 6.07) is 5.45. The first-order valence-electron chi connectivity index (χ1n) is 7.14. The van der Waals surface area contributed by atoms with Gasteiger partial charge in [-0.1, -0.05) is 11.6 Å². The van der Waals surface area contributed by atoms with Crippen LogP contribution in [0, 0.1) is 0 Å². The Balaban J connectivity index is 2.22. The summed E-state index contributed by atoms with van der Waals surface area (Å²) in [7, 11) is 0. The number of alkyl halides is 3. The fourth-order valence-electron chi connectivity index (χ4n) is 2.20. The molecule has 0 saturated carbocycles. The first-order valence-corrected chi connectivity index (χ1v) is 7.52. The minimum absolute atomic E-state index is 0.160. The molecule has 0 saturated heterocycles. The largest absolute Gasteiger partial charge is 0.418 e. The molecule has 0 aliphatic rings. The van der Waals surface area contributed by atoms with Crippen molar-refractivity contribution >= 4 is 23.2 Å².